The van der Waals surface area contributed by atoms with Crippen LogP contribution in [0.5, 0.6) is 0 Å². The third kappa shape index (κ3) is 4.24. The van der Waals surface area contributed by atoms with Crippen molar-refractivity contribution in [2.45, 2.75) is 19.9 Å². The lowest BCUT2D eigenvalue weighted by Crippen LogP contribution is -2.06. The van der Waals surface area contributed by atoms with Crippen LogP contribution in [0.4, 0.5) is 5.82 Å². The molecule has 136 valence electrons. The minimum atomic E-state index is 0.571. The highest BCUT2D eigenvalue weighted by atomic mass is 35.5. The number of halogens is 2. The smallest absolute Gasteiger partial charge is 0.138 e. The monoisotopic (exact) mass is 413 g/mol. The minimum absolute atomic E-state index is 0.571. The Bertz CT molecular complexity index is 1090. The van der Waals surface area contributed by atoms with Crippen LogP contribution in [0.1, 0.15) is 21.8 Å². The molecule has 0 aliphatic carbocycles. The van der Waals surface area contributed by atoms with Gasteiger partial charge >= 0.3 is 0 Å². The zero-order valence-corrected chi connectivity index (χ0v) is 17.0. The Balaban J connectivity index is 1.65. The molecule has 0 amide bonds. The highest BCUT2D eigenvalue weighted by Gasteiger charge is 2.12. The zero-order valence-electron chi connectivity index (χ0n) is 14.7. The fourth-order valence-corrected chi connectivity index (χ4v) is 4.30. The molecule has 0 aliphatic heterocycles. The van der Waals surface area contributed by atoms with Crippen LogP contribution >= 0.6 is 34.5 Å². The summed E-state index contributed by atoms with van der Waals surface area (Å²) in [6.45, 7) is 2.66. The quantitative estimate of drug-likeness (QED) is 0.405. The SMILES string of the molecule is Cc1cc2c(NCc3ccc(Cl)cc3Cl)nc(Cc3ccccc3)nc2s1. The van der Waals surface area contributed by atoms with Gasteiger partial charge in [-0.25, -0.2) is 9.97 Å². The molecule has 4 rings (SSSR count). The molecular weight excluding hydrogens is 397 g/mol. The summed E-state index contributed by atoms with van der Waals surface area (Å²) in [5.74, 6) is 1.64. The molecule has 0 atom stereocenters. The van der Waals surface area contributed by atoms with Gasteiger partial charge in [0, 0.05) is 27.9 Å². The Morgan fingerprint density at radius 2 is 1.81 bits per heavy atom. The number of nitrogens with zero attached hydrogens (tertiary/aromatic N) is 2. The maximum Gasteiger partial charge on any atom is 0.138 e. The summed E-state index contributed by atoms with van der Waals surface area (Å²) >= 11 is 14.0. The maximum atomic E-state index is 6.30. The number of nitrogens with one attached hydrogen (secondary N) is 1. The van der Waals surface area contributed by atoms with Crippen LogP contribution in [0.3, 0.4) is 0 Å². The molecule has 27 heavy (non-hydrogen) atoms. The maximum absolute atomic E-state index is 6.30. The van der Waals surface area contributed by atoms with Crippen molar-refractivity contribution in [3.05, 3.63) is 86.5 Å². The van der Waals surface area contributed by atoms with E-state index in [4.69, 9.17) is 33.2 Å². The molecule has 0 fully saturated rings. The van der Waals surface area contributed by atoms with Crippen molar-refractivity contribution in [3.8, 4) is 0 Å². The molecule has 0 unspecified atom stereocenters. The van der Waals surface area contributed by atoms with Gasteiger partial charge in [-0.15, -0.1) is 11.3 Å². The van der Waals surface area contributed by atoms with Gasteiger partial charge in [0.05, 0.1) is 5.39 Å². The van der Waals surface area contributed by atoms with E-state index in [2.05, 4.69) is 30.4 Å². The van der Waals surface area contributed by atoms with E-state index in [1.54, 1.807) is 17.4 Å². The topological polar surface area (TPSA) is 37.8 Å². The number of hydrogen-bond donors (Lipinski definition) is 1. The van der Waals surface area contributed by atoms with Gasteiger partial charge in [-0.2, -0.15) is 0 Å². The third-order valence-electron chi connectivity index (χ3n) is 4.23. The van der Waals surface area contributed by atoms with Crippen molar-refractivity contribution in [1.29, 1.82) is 0 Å². The van der Waals surface area contributed by atoms with Gasteiger partial charge in [0.15, 0.2) is 0 Å². The second kappa shape index (κ2) is 7.85. The Kier molecular flexibility index (Phi) is 5.30. The minimum Gasteiger partial charge on any atom is -0.365 e. The average Bonchev–Trinajstić information content (AvgIpc) is 3.02. The molecule has 0 bridgehead atoms. The van der Waals surface area contributed by atoms with E-state index < -0.39 is 0 Å². The number of thiophene rings is 1. The van der Waals surface area contributed by atoms with Crippen molar-refractivity contribution >= 4 is 50.6 Å². The Morgan fingerprint density at radius 1 is 1.00 bits per heavy atom. The lowest BCUT2D eigenvalue weighted by atomic mass is 10.1. The molecule has 0 radical (unpaired) electrons. The van der Waals surface area contributed by atoms with Crippen molar-refractivity contribution in [2.24, 2.45) is 0 Å². The van der Waals surface area contributed by atoms with Crippen molar-refractivity contribution in [1.82, 2.24) is 9.97 Å². The molecule has 2 aromatic carbocycles. The van der Waals surface area contributed by atoms with E-state index in [1.165, 1.54) is 10.4 Å². The number of benzene rings is 2. The summed E-state index contributed by atoms with van der Waals surface area (Å²) in [5, 5.41) is 5.75. The van der Waals surface area contributed by atoms with E-state index in [0.29, 0.717) is 23.0 Å². The largest absolute Gasteiger partial charge is 0.365 e. The van der Waals surface area contributed by atoms with Gasteiger partial charge in [-0.05, 0) is 36.2 Å². The molecule has 4 aromatic rings. The average molecular weight is 414 g/mol. The van der Waals surface area contributed by atoms with Gasteiger partial charge in [0.1, 0.15) is 16.5 Å². The lowest BCUT2D eigenvalue weighted by Gasteiger charge is -2.10. The molecule has 0 aliphatic rings. The lowest BCUT2D eigenvalue weighted by molar-refractivity contribution is 0.985. The predicted molar refractivity (Wildman–Crippen MR) is 115 cm³/mol. The fraction of sp³-hybridized carbons (Fsp3) is 0.143. The molecule has 2 aromatic heterocycles. The summed E-state index contributed by atoms with van der Waals surface area (Å²) in [6.07, 6.45) is 0.699. The van der Waals surface area contributed by atoms with Crippen LogP contribution in [0.15, 0.2) is 54.6 Å². The van der Waals surface area contributed by atoms with Crippen molar-refractivity contribution in [2.75, 3.05) is 5.32 Å². The van der Waals surface area contributed by atoms with Crippen molar-refractivity contribution < 1.29 is 0 Å². The molecule has 6 heteroatoms. The van der Waals surface area contributed by atoms with Crippen molar-refractivity contribution in [3.63, 3.8) is 0 Å². The Morgan fingerprint density at radius 3 is 2.59 bits per heavy atom. The van der Waals surface area contributed by atoms with Gasteiger partial charge in [-0.1, -0.05) is 59.6 Å². The normalized spacial score (nSPS) is 11.1. The second-order valence-corrected chi connectivity index (χ2v) is 8.39. The Hall–Kier alpha value is -2.14. The summed E-state index contributed by atoms with van der Waals surface area (Å²) in [7, 11) is 0. The molecule has 1 N–H and O–H groups in total. The number of anilines is 1. The summed E-state index contributed by atoms with van der Waals surface area (Å²) in [6, 6.07) is 17.9. The summed E-state index contributed by atoms with van der Waals surface area (Å²) < 4.78 is 0. The molecule has 3 nitrogen and oxygen atoms in total. The van der Waals surface area contributed by atoms with Gasteiger partial charge in [0.2, 0.25) is 0 Å². The first-order chi connectivity index (χ1) is 13.1. The van der Waals surface area contributed by atoms with E-state index in [9.17, 15) is 0 Å². The highest BCUT2D eigenvalue weighted by molar-refractivity contribution is 7.18. The first-order valence-electron chi connectivity index (χ1n) is 8.57. The molecular formula is C21H17Cl2N3S. The van der Waals surface area contributed by atoms with E-state index in [0.717, 1.165) is 27.4 Å². The number of aryl methyl sites for hydroxylation is 1. The van der Waals surface area contributed by atoms with E-state index >= 15 is 0 Å². The fourth-order valence-electron chi connectivity index (χ4n) is 2.92. The first kappa shape index (κ1) is 18.2. The molecule has 2 heterocycles. The van der Waals surface area contributed by atoms with Gasteiger partial charge < -0.3 is 5.32 Å². The highest BCUT2D eigenvalue weighted by Crippen LogP contribution is 2.30. The Labute approximate surface area is 172 Å². The predicted octanol–water partition coefficient (Wildman–Crippen LogP) is 6.51. The summed E-state index contributed by atoms with van der Waals surface area (Å²) in [4.78, 5) is 11.8. The van der Waals surface area contributed by atoms with Crippen LogP contribution in [-0.2, 0) is 13.0 Å². The van der Waals surface area contributed by atoms with Crippen LogP contribution in [0, 0.1) is 6.92 Å². The molecule has 0 saturated heterocycles. The van der Waals surface area contributed by atoms with Crippen LogP contribution in [0.25, 0.3) is 10.2 Å². The van der Waals surface area contributed by atoms with Crippen LogP contribution in [-0.4, -0.2) is 9.97 Å². The molecule has 0 saturated carbocycles. The van der Waals surface area contributed by atoms with Gasteiger partial charge in [0.25, 0.3) is 0 Å². The zero-order chi connectivity index (χ0) is 18.8. The van der Waals surface area contributed by atoms with E-state index in [1.807, 2.05) is 30.3 Å². The number of hydrogen-bond acceptors (Lipinski definition) is 4. The van der Waals surface area contributed by atoms with Crippen LogP contribution < -0.4 is 5.32 Å². The third-order valence-corrected chi connectivity index (χ3v) is 5.76. The number of fused-ring (bicyclic) bond motifs is 1. The number of aromatic nitrogens is 2. The van der Waals surface area contributed by atoms with E-state index in [-0.39, 0.29) is 0 Å². The second-order valence-electron chi connectivity index (χ2n) is 6.32. The number of rotatable bonds is 5. The standard InChI is InChI=1S/C21H17Cl2N3S/c1-13-9-17-20(24-12-15-7-8-16(22)11-18(15)23)25-19(26-21(17)27-13)10-14-5-3-2-4-6-14/h2-9,11H,10,12H2,1H3,(H,24,25,26). The van der Waals surface area contributed by atoms with Crippen LogP contribution in [0.2, 0.25) is 10.0 Å². The van der Waals surface area contributed by atoms with Gasteiger partial charge in [-0.3, -0.25) is 0 Å². The summed E-state index contributed by atoms with van der Waals surface area (Å²) in [5.41, 5.74) is 2.17. The first-order valence-corrected chi connectivity index (χ1v) is 10.1. The molecule has 0 spiro atoms.